The highest BCUT2D eigenvalue weighted by Gasteiger charge is 2.57. The molecule has 2 aliphatic rings. The molecule has 0 aromatic heterocycles. The number of hydrogen-bond donors (Lipinski definition) is 2. The summed E-state index contributed by atoms with van der Waals surface area (Å²) in [7, 11) is -2.73. The summed E-state index contributed by atoms with van der Waals surface area (Å²) >= 11 is 1.94. The Kier molecular flexibility index (Phi) is 5.53. The van der Waals surface area contributed by atoms with Gasteiger partial charge in [0, 0.05) is 0 Å². The number of hydrogen-bond acceptors (Lipinski definition) is 4. The van der Waals surface area contributed by atoms with Gasteiger partial charge in [-0.1, -0.05) is 20.8 Å². The van der Waals surface area contributed by atoms with Gasteiger partial charge >= 0.3 is 0 Å². The molecule has 0 bridgehead atoms. The summed E-state index contributed by atoms with van der Waals surface area (Å²) in [6.45, 7) is 14.3. The molecular weight excluding hydrogens is 403 g/mol. The average Bonchev–Trinajstić information content (AvgIpc) is 2.76. The van der Waals surface area contributed by atoms with Crippen LogP contribution in [0.4, 0.5) is 0 Å². The number of rotatable bonds is 6. The summed E-state index contributed by atoms with van der Waals surface area (Å²) in [6, 6.07) is 0.235. The SMILES string of the molecule is CC(C)(C)[Si](C)(C)OCC(N[S+]([O-])I)[C@@H]1C2CNC[C@H]21. The van der Waals surface area contributed by atoms with Gasteiger partial charge in [-0.05, 0) is 49.0 Å². The highest BCUT2D eigenvalue weighted by molar-refractivity contribution is 14.2. The van der Waals surface area contributed by atoms with Gasteiger partial charge in [-0.25, -0.2) is 0 Å². The third-order valence-corrected chi connectivity index (χ3v) is 11.0. The van der Waals surface area contributed by atoms with Crippen LogP contribution in [0.15, 0.2) is 0 Å². The zero-order valence-electron chi connectivity index (χ0n) is 13.0. The van der Waals surface area contributed by atoms with Crippen molar-refractivity contribution in [2.45, 2.75) is 44.9 Å². The molecule has 2 N–H and O–H groups in total. The second-order valence-electron chi connectivity index (χ2n) is 7.58. The van der Waals surface area contributed by atoms with E-state index in [9.17, 15) is 4.55 Å². The average molecular weight is 430 g/mol. The molecule has 2 rings (SSSR count). The second kappa shape index (κ2) is 6.33. The van der Waals surface area contributed by atoms with E-state index >= 15 is 0 Å². The highest BCUT2D eigenvalue weighted by atomic mass is 127. The van der Waals surface area contributed by atoms with Crippen LogP contribution >= 0.6 is 21.2 Å². The minimum Gasteiger partial charge on any atom is -0.590 e. The van der Waals surface area contributed by atoms with Crippen LogP contribution in [0, 0.1) is 17.8 Å². The standard InChI is InChI=1S/C13H27IN2O2SSi/c1-13(2,3)20(4,5)18-8-11(16-19(14)17)12-9-6-15-7-10(9)12/h9-12,15-16H,6-8H2,1-5H3/t9-,10?,11?,12+,19?/m1/s1. The van der Waals surface area contributed by atoms with E-state index in [0.29, 0.717) is 12.5 Å². The van der Waals surface area contributed by atoms with Crippen molar-refractivity contribution in [3.05, 3.63) is 0 Å². The Morgan fingerprint density at radius 1 is 1.40 bits per heavy atom. The van der Waals surface area contributed by atoms with Crippen molar-refractivity contribution in [1.29, 1.82) is 0 Å². The molecule has 7 heteroatoms. The highest BCUT2D eigenvalue weighted by Crippen LogP contribution is 2.51. The van der Waals surface area contributed by atoms with Crippen LogP contribution in [0.5, 0.6) is 0 Å². The van der Waals surface area contributed by atoms with Crippen LogP contribution in [0.25, 0.3) is 0 Å². The normalized spacial score (nSPS) is 32.9. The molecule has 1 aliphatic heterocycles. The number of nitrogens with one attached hydrogen (secondary N) is 2. The third-order valence-electron chi connectivity index (χ3n) is 5.30. The summed E-state index contributed by atoms with van der Waals surface area (Å²) < 4.78 is 21.1. The van der Waals surface area contributed by atoms with E-state index in [2.05, 4.69) is 43.9 Å². The first kappa shape index (κ1) is 17.5. The van der Waals surface area contributed by atoms with Crippen molar-refractivity contribution in [3.8, 4) is 0 Å². The molecule has 1 aliphatic carbocycles. The maximum Gasteiger partial charge on any atom is 0.274 e. The third kappa shape index (κ3) is 3.91. The van der Waals surface area contributed by atoms with E-state index in [-0.39, 0.29) is 11.1 Å². The molecule has 0 radical (unpaired) electrons. The lowest BCUT2D eigenvalue weighted by atomic mass is 10.1. The van der Waals surface area contributed by atoms with Crippen LogP contribution in [0.3, 0.4) is 0 Å². The van der Waals surface area contributed by atoms with Gasteiger partial charge in [0.1, 0.15) is 8.53 Å². The van der Waals surface area contributed by atoms with Gasteiger partial charge in [0.25, 0.3) is 21.2 Å². The Bertz CT molecular complexity index is 342. The van der Waals surface area contributed by atoms with Crippen molar-refractivity contribution in [3.63, 3.8) is 0 Å². The van der Waals surface area contributed by atoms with Gasteiger partial charge in [0.05, 0.1) is 12.6 Å². The minimum absolute atomic E-state index is 0.224. The first-order valence-electron chi connectivity index (χ1n) is 7.32. The fourth-order valence-corrected chi connectivity index (χ4v) is 5.39. The van der Waals surface area contributed by atoms with Gasteiger partial charge in [-0.2, -0.15) is 0 Å². The molecule has 1 saturated heterocycles. The maximum atomic E-state index is 11.6. The van der Waals surface area contributed by atoms with Crippen LogP contribution in [-0.2, 0) is 13.0 Å². The summed E-state index contributed by atoms with van der Waals surface area (Å²) in [5.74, 6) is 2.16. The van der Waals surface area contributed by atoms with Gasteiger partial charge in [-0.3, -0.25) is 0 Å². The topological polar surface area (TPSA) is 56.3 Å². The molecule has 3 unspecified atom stereocenters. The predicted octanol–water partition coefficient (Wildman–Crippen LogP) is 2.45. The summed E-state index contributed by atoms with van der Waals surface area (Å²) in [6.07, 6.45) is 0. The van der Waals surface area contributed by atoms with Crippen molar-refractivity contribution in [1.82, 2.24) is 10.0 Å². The smallest absolute Gasteiger partial charge is 0.274 e. The Hall–Kier alpha value is 1.14. The fraction of sp³-hybridized carbons (Fsp3) is 1.00. The van der Waals surface area contributed by atoms with Crippen LogP contribution in [0.2, 0.25) is 18.1 Å². The Labute approximate surface area is 139 Å². The van der Waals surface area contributed by atoms with Gasteiger partial charge in [-0.15, -0.1) is 4.72 Å². The largest absolute Gasteiger partial charge is 0.590 e. The molecule has 20 heavy (non-hydrogen) atoms. The van der Waals surface area contributed by atoms with Crippen molar-refractivity contribution < 1.29 is 8.98 Å². The van der Waals surface area contributed by atoms with E-state index in [1.807, 2.05) is 21.2 Å². The first-order chi connectivity index (χ1) is 9.13. The van der Waals surface area contributed by atoms with Crippen molar-refractivity contribution >= 4 is 38.1 Å². The molecule has 2 fully saturated rings. The zero-order valence-corrected chi connectivity index (χ0v) is 17.0. The molecule has 1 saturated carbocycles. The van der Waals surface area contributed by atoms with E-state index in [0.717, 1.165) is 24.9 Å². The zero-order chi connectivity index (χ0) is 15.1. The molecule has 1 heterocycles. The van der Waals surface area contributed by atoms with Crippen LogP contribution in [0.1, 0.15) is 20.8 Å². The summed E-state index contributed by atoms with van der Waals surface area (Å²) in [5.41, 5.74) is 0. The van der Waals surface area contributed by atoms with Crippen LogP contribution in [-0.4, -0.2) is 38.6 Å². The lowest BCUT2D eigenvalue weighted by molar-refractivity contribution is 0.235. The fourth-order valence-electron chi connectivity index (χ4n) is 2.92. The number of piperidine rings is 1. The molecule has 0 amide bonds. The van der Waals surface area contributed by atoms with E-state index in [1.165, 1.54) is 0 Å². The Morgan fingerprint density at radius 2 is 1.95 bits per heavy atom. The van der Waals surface area contributed by atoms with Gasteiger partial charge in [0.15, 0.2) is 8.32 Å². The molecule has 0 aromatic rings. The Morgan fingerprint density at radius 3 is 2.40 bits per heavy atom. The minimum atomic E-state index is -1.73. The van der Waals surface area contributed by atoms with E-state index in [1.54, 1.807) is 0 Å². The molecule has 5 atom stereocenters. The van der Waals surface area contributed by atoms with Crippen LogP contribution < -0.4 is 10.0 Å². The lowest BCUT2D eigenvalue weighted by Gasteiger charge is -2.37. The summed E-state index contributed by atoms with van der Waals surface area (Å²) in [5, 5.41) is 3.64. The summed E-state index contributed by atoms with van der Waals surface area (Å²) in [4.78, 5) is 0. The second-order valence-corrected chi connectivity index (χ2v) is 15.5. The lowest BCUT2D eigenvalue weighted by Crippen LogP contribution is -2.47. The van der Waals surface area contributed by atoms with Gasteiger partial charge in [0.2, 0.25) is 0 Å². The van der Waals surface area contributed by atoms with Gasteiger partial charge < -0.3 is 14.3 Å². The number of halogens is 1. The molecule has 0 aromatic carbocycles. The molecule has 118 valence electrons. The Balaban J connectivity index is 1.92. The molecular formula is C13H27IN2O2SSi. The van der Waals surface area contributed by atoms with Crippen molar-refractivity contribution in [2.24, 2.45) is 17.8 Å². The maximum absolute atomic E-state index is 11.6. The molecule has 4 nitrogen and oxygen atoms in total. The predicted molar refractivity (Wildman–Crippen MR) is 95.6 cm³/mol. The van der Waals surface area contributed by atoms with E-state index in [4.69, 9.17) is 4.43 Å². The number of fused-ring (bicyclic) bond motifs is 1. The quantitative estimate of drug-likeness (QED) is 0.386. The monoisotopic (exact) mass is 430 g/mol. The molecule has 0 spiro atoms. The van der Waals surface area contributed by atoms with Crippen molar-refractivity contribution in [2.75, 3.05) is 19.7 Å². The van der Waals surface area contributed by atoms with E-state index < -0.39 is 16.9 Å². The first-order valence-corrected chi connectivity index (χ1v) is 13.9.